The average molecular weight is 343 g/mol. The van der Waals surface area contributed by atoms with Gasteiger partial charge in [-0.05, 0) is 19.3 Å². The number of hydrogen-bond acceptors (Lipinski definition) is 4. The van der Waals surface area contributed by atoms with Crippen LogP contribution in [0.4, 0.5) is 0 Å². The zero-order valence-corrected chi connectivity index (χ0v) is 16.1. The minimum atomic E-state index is -0.107. The molecular formula is C17H35BNO3P. The van der Waals surface area contributed by atoms with Crippen LogP contribution in [0.5, 0.6) is 0 Å². The topological polar surface area (TPSA) is 47.6 Å². The lowest BCUT2D eigenvalue weighted by Gasteiger charge is -2.17. The van der Waals surface area contributed by atoms with Crippen LogP contribution in [-0.2, 0) is 14.1 Å². The second-order valence-electron chi connectivity index (χ2n) is 6.07. The van der Waals surface area contributed by atoms with Gasteiger partial charge in [0.25, 0.3) is 0 Å². The first-order valence-corrected chi connectivity index (χ1v) is 10.1. The zero-order chi connectivity index (χ0) is 17.2. The lowest BCUT2D eigenvalue weighted by atomic mass is 10.0. The molecule has 0 heterocycles. The van der Waals surface area contributed by atoms with E-state index in [9.17, 15) is 4.79 Å². The molecule has 0 rings (SSSR count). The number of carbonyl (C=O) groups excluding carboxylic acids is 1. The van der Waals surface area contributed by atoms with Crippen molar-refractivity contribution in [3.8, 4) is 0 Å². The molecule has 0 amide bonds. The largest absolute Gasteiger partial charge is 0.469 e. The Morgan fingerprint density at radius 3 is 2.13 bits per heavy atom. The van der Waals surface area contributed by atoms with E-state index >= 15 is 0 Å². The Bertz CT molecular complexity index is 270. The molecule has 0 spiro atoms. The van der Waals surface area contributed by atoms with Gasteiger partial charge < -0.3 is 14.3 Å². The van der Waals surface area contributed by atoms with Crippen LogP contribution in [0, 0.1) is 0 Å². The third-order valence-electron chi connectivity index (χ3n) is 4.05. The van der Waals surface area contributed by atoms with Crippen molar-refractivity contribution in [3.05, 3.63) is 0 Å². The molecule has 0 fully saturated rings. The van der Waals surface area contributed by atoms with Crippen molar-refractivity contribution in [3.63, 3.8) is 0 Å². The molecule has 2 radical (unpaired) electrons. The van der Waals surface area contributed by atoms with Crippen LogP contribution in [0.2, 0.25) is 0 Å². The van der Waals surface area contributed by atoms with Gasteiger partial charge >= 0.3 is 5.97 Å². The van der Waals surface area contributed by atoms with Crippen molar-refractivity contribution in [2.75, 3.05) is 7.11 Å². The first-order chi connectivity index (χ1) is 11.2. The van der Waals surface area contributed by atoms with Crippen LogP contribution in [0.1, 0.15) is 90.4 Å². The first kappa shape index (κ1) is 22.9. The molecule has 0 aromatic heterocycles. The molecule has 0 aliphatic rings. The predicted molar refractivity (Wildman–Crippen MR) is 99.8 cm³/mol. The van der Waals surface area contributed by atoms with Crippen LogP contribution in [0.15, 0.2) is 0 Å². The van der Waals surface area contributed by atoms with Crippen molar-refractivity contribution in [1.82, 2.24) is 5.00 Å². The summed E-state index contributed by atoms with van der Waals surface area (Å²) in [6, 6.07) is 0. The van der Waals surface area contributed by atoms with E-state index in [1.165, 1.54) is 45.6 Å². The third-order valence-corrected chi connectivity index (χ3v) is 4.62. The molecule has 23 heavy (non-hydrogen) atoms. The number of nitrogens with one attached hydrogen (secondary N) is 1. The second-order valence-corrected chi connectivity index (χ2v) is 6.80. The van der Waals surface area contributed by atoms with E-state index < -0.39 is 0 Å². The Morgan fingerprint density at radius 1 is 1.00 bits per heavy atom. The summed E-state index contributed by atoms with van der Waals surface area (Å²) in [5.74, 6) is -0.107. The van der Waals surface area contributed by atoms with E-state index in [1.807, 2.05) is 0 Å². The molecule has 0 bridgehead atoms. The van der Waals surface area contributed by atoms with Gasteiger partial charge in [0.2, 0.25) is 0 Å². The molecule has 0 saturated carbocycles. The SMILES string of the molecule is [B]NPO[C@@H](CCCCCCCC)CCCCCCC(=O)OC. The van der Waals surface area contributed by atoms with E-state index in [0.29, 0.717) is 12.5 Å². The average Bonchev–Trinajstić information content (AvgIpc) is 2.57. The Balaban J connectivity index is 3.64. The number of carbonyl (C=O) groups is 1. The van der Waals surface area contributed by atoms with Crippen molar-refractivity contribution in [1.29, 1.82) is 0 Å². The molecule has 0 aliphatic carbocycles. The van der Waals surface area contributed by atoms with Crippen molar-refractivity contribution >= 4 is 22.9 Å². The molecule has 0 aromatic carbocycles. The van der Waals surface area contributed by atoms with E-state index in [0.717, 1.165) is 38.5 Å². The van der Waals surface area contributed by atoms with Crippen molar-refractivity contribution < 1.29 is 14.1 Å². The minimum Gasteiger partial charge on any atom is -0.469 e. The maximum atomic E-state index is 11.0. The van der Waals surface area contributed by atoms with Gasteiger partial charge in [0.15, 0.2) is 7.98 Å². The molecule has 6 heteroatoms. The highest BCUT2D eigenvalue weighted by atomic mass is 31.1. The summed E-state index contributed by atoms with van der Waals surface area (Å²) in [7, 11) is 6.94. The number of methoxy groups -OCH3 is 1. The fourth-order valence-corrected chi connectivity index (χ4v) is 3.10. The smallest absolute Gasteiger partial charge is 0.305 e. The highest BCUT2D eigenvalue weighted by Gasteiger charge is 2.09. The fourth-order valence-electron chi connectivity index (χ4n) is 2.63. The Labute approximate surface area is 146 Å². The maximum Gasteiger partial charge on any atom is 0.305 e. The highest BCUT2D eigenvalue weighted by Crippen LogP contribution is 2.21. The molecule has 1 unspecified atom stereocenters. The molecule has 134 valence electrons. The predicted octanol–water partition coefficient (Wildman–Crippen LogP) is 4.82. The highest BCUT2D eigenvalue weighted by molar-refractivity contribution is 7.31. The summed E-state index contributed by atoms with van der Waals surface area (Å²) < 4.78 is 10.4. The number of hydrogen-bond donors (Lipinski definition) is 1. The van der Waals surface area contributed by atoms with Crippen LogP contribution in [0.25, 0.3) is 0 Å². The number of unbranched alkanes of at least 4 members (excludes halogenated alkanes) is 8. The van der Waals surface area contributed by atoms with E-state index in [4.69, 9.17) is 12.5 Å². The Hall–Kier alpha value is -0.115. The van der Waals surface area contributed by atoms with Gasteiger partial charge in [0.1, 0.15) is 0 Å². The molecule has 4 nitrogen and oxygen atoms in total. The van der Waals surface area contributed by atoms with Crippen LogP contribution in [-0.4, -0.2) is 27.2 Å². The summed E-state index contributed by atoms with van der Waals surface area (Å²) >= 11 is 0. The van der Waals surface area contributed by atoms with Crippen LogP contribution < -0.4 is 5.00 Å². The summed E-state index contributed by atoms with van der Waals surface area (Å²) in [4.78, 5) is 13.6. The van der Waals surface area contributed by atoms with Gasteiger partial charge in [-0.1, -0.05) is 64.7 Å². The minimum absolute atomic E-state index is 0.107. The molecule has 0 saturated heterocycles. The normalized spacial score (nSPS) is 12.8. The summed E-state index contributed by atoms with van der Waals surface area (Å²) in [6.45, 7) is 2.25. The van der Waals surface area contributed by atoms with Gasteiger partial charge in [-0.2, -0.15) is 0 Å². The number of ether oxygens (including phenoxy) is 1. The zero-order valence-electron chi connectivity index (χ0n) is 15.1. The van der Waals surface area contributed by atoms with E-state index in [2.05, 4.69) is 16.7 Å². The molecule has 1 N–H and O–H groups in total. The Kier molecular flexibility index (Phi) is 18.1. The van der Waals surface area contributed by atoms with Crippen LogP contribution >= 0.6 is 8.96 Å². The van der Waals surface area contributed by atoms with Crippen molar-refractivity contribution in [2.45, 2.75) is 96.5 Å². The summed E-state index contributed by atoms with van der Waals surface area (Å²) in [5.41, 5.74) is 0. The third kappa shape index (κ3) is 16.5. The van der Waals surface area contributed by atoms with Gasteiger partial charge in [0.05, 0.1) is 22.2 Å². The quantitative estimate of drug-likeness (QED) is 0.178. The molecule has 0 aliphatic heterocycles. The van der Waals surface area contributed by atoms with Gasteiger partial charge in [0, 0.05) is 6.42 Å². The van der Waals surface area contributed by atoms with E-state index in [-0.39, 0.29) is 14.9 Å². The number of rotatable bonds is 17. The molecular weight excluding hydrogens is 308 g/mol. The number of esters is 1. The standard InChI is InChI=1S/C17H35BNO3P/c1-3-4-5-6-7-10-13-16(22-23-19-18)14-11-8-9-12-15-17(20)21-2/h16,19,23H,3-15H2,1-2H3/t16-/m0/s1. The second kappa shape index (κ2) is 18.2. The van der Waals surface area contributed by atoms with Gasteiger partial charge in [-0.25, -0.2) is 0 Å². The van der Waals surface area contributed by atoms with Gasteiger partial charge in [-0.15, -0.1) is 0 Å². The van der Waals surface area contributed by atoms with E-state index in [1.54, 1.807) is 0 Å². The maximum absolute atomic E-state index is 11.0. The summed E-state index contributed by atoms with van der Waals surface area (Å²) in [6.07, 6.45) is 15.2. The van der Waals surface area contributed by atoms with Crippen LogP contribution in [0.3, 0.4) is 0 Å². The summed E-state index contributed by atoms with van der Waals surface area (Å²) in [5, 5.41) is 0. The molecule has 0 aromatic rings. The monoisotopic (exact) mass is 343 g/mol. The van der Waals surface area contributed by atoms with Crippen molar-refractivity contribution in [2.24, 2.45) is 0 Å². The molecule has 2 atom stereocenters. The Morgan fingerprint density at radius 2 is 1.57 bits per heavy atom. The fraction of sp³-hybridized carbons (Fsp3) is 0.941. The lowest BCUT2D eigenvalue weighted by molar-refractivity contribution is -0.140. The van der Waals surface area contributed by atoms with Gasteiger partial charge in [-0.3, -0.25) is 4.79 Å². The first-order valence-electron chi connectivity index (χ1n) is 9.17. The lowest BCUT2D eigenvalue weighted by Crippen LogP contribution is -2.11.